The summed E-state index contributed by atoms with van der Waals surface area (Å²) in [5, 5.41) is 34.4. The Bertz CT molecular complexity index is 2900. The van der Waals surface area contributed by atoms with Gasteiger partial charge in [0.05, 0.1) is 56.6 Å². The number of rotatable bonds is 4. The second kappa shape index (κ2) is 11.4. The van der Waals surface area contributed by atoms with Crippen LogP contribution in [0, 0.1) is 34.0 Å². The van der Waals surface area contributed by atoms with E-state index in [1.165, 1.54) is 0 Å². The normalized spacial score (nSPS) is 11.1. The van der Waals surface area contributed by atoms with Crippen molar-refractivity contribution in [2.75, 3.05) is 0 Å². The van der Waals surface area contributed by atoms with Gasteiger partial charge in [-0.05, 0) is 83.4 Å². The third kappa shape index (κ3) is 4.31. The van der Waals surface area contributed by atoms with Gasteiger partial charge in [0.2, 0.25) is 0 Å². The van der Waals surface area contributed by atoms with Crippen molar-refractivity contribution in [3.8, 4) is 51.8 Å². The Morgan fingerprint density at radius 3 is 1.58 bits per heavy atom. The third-order valence-corrected chi connectivity index (χ3v) is 9.64. The van der Waals surface area contributed by atoms with Crippen molar-refractivity contribution in [1.29, 1.82) is 15.8 Å². The number of aromatic nitrogens is 2. The summed E-state index contributed by atoms with van der Waals surface area (Å²) in [6.07, 6.45) is 0. The van der Waals surface area contributed by atoms with E-state index in [1.54, 1.807) is 0 Å². The molecule has 0 saturated carbocycles. The van der Waals surface area contributed by atoms with Crippen molar-refractivity contribution in [1.82, 2.24) is 9.13 Å². The van der Waals surface area contributed by atoms with E-state index >= 15 is 0 Å². The van der Waals surface area contributed by atoms with Crippen LogP contribution >= 0.6 is 0 Å². The number of benzene rings is 7. The van der Waals surface area contributed by atoms with Crippen LogP contribution in [0.2, 0.25) is 0 Å². The summed E-state index contributed by atoms with van der Waals surface area (Å²) < 4.78 is 4.42. The van der Waals surface area contributed by atoms with Crippen molar-refractivity contribution in [2.45, 2.75) is 0 Å². The van der Waals surface area contributed by atoms with Crippen LogP contribution in [0.4, 0.5) is 0 Å². The number of hydrogen-bond acceptors (Lipinski definition) is 3. The van der Waals surface area contributed by atoms with Crippen molar-refractivity contribution < 1.29 is 0 Å². The van der Waals surface area contributed by atoms with Gasteiger partial charge in [0, 0.05) is 32.8 Å². The lowest BCUT2D eigenvalue weighted by Gasteiger charge is -2.19. The lowest BCUT2D eigenvalue weighted by Crippen LogP contribution is -2.01. The zero-order chi connectivity index (χ0) is 33.8. The third-order valence-electron chi connectivity index (χ3n) is 9.64. The Hall–Kier alpha value is -7.39. The van der Waals surface area contributed by atoms with E-state index in [0.29, 0.717) is 16.7 Å². The lowest BCUT2D eigenvalue weighted by atomic mass is 9.90. The molecule has 0 aliphatic rings. The Kier molecular flexibility index (Phi) is 6.56. The molecule has 0 radical (unpaired) electrons. The molecular weight excluding hydrogens is 611 g/mol. The molecule has 230 valence electrons. The largest absolute Gasteiger partial charge is 0.309 e. The Morgan fingerprint density at radius 1 is 0.380 bits per heavy atom. The molecule has 7 aromatic carbocycles. The summed E-state index contributed by atoms with van der Waals surface area (Å²) >= 11 is 0. The summed E-state index contributed by atoms with van der Waals surface area (Å²) in [5.74, 6) is 0. The van der Waals surface area contributed by atoms with Crippen molar-refractivity contribution in [3.63, 3.8) is 0 Å². The fourth-order valence-electron chi connectivity index (χ4n) is 7.45. The standard InChI is InChI=1S/C45H25N5/c46-26-29-16-22-34(38-12-7-8-32(28-48)45(38)50-42-14-5-1-9-35(42)36-10-2-6-15-43(36)50)39(24-29)31-18-20-33(21-19-31)49-41-13-4-3-11-37(41)40-25-30(27-47)17-23-44(40)49/h1-25H. The molecule has 0 bridgehead atoms. The van der Waals surface area contributed by atoms with E-state index in [0.717, 1.165) is 77.2 Å². The second-order valence-electron chi connectivity index (χ2n) is 12.3. The van der Waals surface area contributed by atoms with E-state index < -0.39 is 0 Å². The van der Waals surface area contributed by atoms with Gasteiger partial charge in [-0.2, -0.15) is 15.8 Å². The van der Waals surface area contributed by atoms with Gasteiger partial charge in [0.15, 0.2) is 0 Å². The first-order valence-electron chi connectivity index (χ1n) is 16.3. The second-order valence-corrected chi connectivity index (χ2v) is 12.3. The van der Waals surface area contributed by atoms with Crippen molar-refractivity contribution in [2.24, 2.45) is 0 Å². The molecule has 0 atom stereocenters. The van der Waals surface area contributed by atoms with Crippen LogP contribution in [-0.4, -0.2) is 9.13 Å². The molecule has 5 nitrogen and oxygen atoms in total. The quantitative estimate of drug-likeness (QED) is 0.193. The molecule has 9 aromatic rings. The van der Waals surface area contributed by atoms with Crippen molar-refractivity contribution >= 4 is 43.6 Å². The van der Waals surface area contributed by atoms with Gasteiger partial charge in [0.25, 0.3) is 0 Å². The maximum Gasteiger partial charge on any atom is 0.101 e. The summed E-state index contributed by atoms with van der Waals surface area (Å²) in [7, 11) is 0. The number of nitrogens with zero attached hydrogens (tertiary/aromatic N) is 5. The van der Waals surface area contributed by atoms with Crippen LogP contribution in [0.25, 0.3) is 77.2 Å². The van der Waals surface area contributed by atoms with Crippen LogP contribution < -0.4 is 0 Å². The Labute approximate surface area is 287 Å². The molecule has 0 unspecified atom stereocenters. The lowest BCUT2D eigenvalue weighted by molar-refractivity contribution is 1.17. The minimum atomic E-state index is 0.554. The van der Waals surface area contributed by atoms with Crippen LogP contribution in [0.1, 0.15) is 16.7 Å². The van der Waals surface area contributed by atoms with Crippen LogP contribution in [0.5, 0.6) is 0 Å². The highest BCUT2D eigenvalue weighted by molar-refractivity contribution is 6.11. The molecule has 0 fully saturated rings. The number of para-hydroxylation sites is 4. The molecule has 0 saturated heterocycles. The van der Waals surface area contributed by atoms with Crippen LogP contribution in [0.3, 0.4) is 0 Å². The van der Waals surface area contributed by atoms with Gasteiger partial charge in [0.1, 0.15) is 6.07 Å². The molecule has 2 heterocycles. The molecular formula is C45H25N5. The van der Waals surface area contributed by atoms with E-state index in [9.17, 15) is 15.8 Å². The highest BCUT2D eigenvalue weighted by Crippen LogP contribution is 2.42. The van der Waals surface area contributed by atoms with Gasteiger partial charge in [-0.25, -0.2) is 0 Å². The average Bonchev–Trinajstić information content (AvgIpc) is 3.70. The Balaban J connectivity index is 1.26. The molecule has 0 spiro atoms. The van der Waals surface area contributed by atoms with E-state index in [1.807, 2.05) is 84.9 Å². The van der Waals surface area contributed by atoms with Gasteiger partial charge >= 0.3 is 0 Å². The first kappa shape index (κ1) is 28.8. The van der Waals surface area contributed by atoms with Gasteiger partial charge in [-0.3, -0.25) is 0 Å². The minimum absolute atomic E-state index is 0.554. The van der Waals surface area contributed by atoms with Crippen molar-refractivity contribution in [3.05, 3.63) is 168 Å². The molecule has 5 heteroatoms. The minimum Gasteiger partial charge on any atom is -0.309 e. The van der Waals surface area contributed by atoms with Crippen LogP contribution in [0.15, 0.2) is 152 Å². The molecule has 0 aliphatic heterocycles. The molecule has 0 aliphatic carbocycles. The SMILES string of the molecule is N#Cc1ccc(-c2cccc(C#N)c2-n2c3ccccc3c3ccccc32)c(-c2ccc(-n3c4ccccc4c4cc(C#N)ccc43)cc2)c1. The first-order chi connectivity index (χ1) is 24.7. The monoisotopic (exact) mass is 635 g/mol. The highest BCUT2D eigenvalue weighted by atomic mass is 15.0. The zero-order valence-corrected chi connectivity index (χ0v) is 26.7. The fourth-order valence-corrected chi connectivity index (χ4v) is 7.45. The molecule has 0 N–H and O–H groups in total. The Morgan fingerprint density at radius 2 is 0.940 bits per heavy atom. The maximum atomic E-state index is 10.5. The van der Waals surface area contributed by atoms with E-state index in [-0.39, 0.29) is 0 Å². The molecule has 0 amide bonds. The smallest absolute Gasteiger partial charge is 0.101 e. The predicted octanol–water partition coefficient (Wildman–Crippen LogP) is 10.8. The van der Waals surface area contributed by atoms with Gasteiger partial charge in [-0.15, -0.1) is 0 Å². The molecule has 9 rings (SSSR count). The van der Waals surface area contributed by atoms with Gasteiger partial charge in [-0.1, -0.05) is 84.9 Å². The predicted molar refractivity (Wildman–Crippen MR) is 200 cm³/mol. The number of nitriles is 3. The summed E-state index contributed by atoms with van der Waals surface area (Å²) in [6.45, 7) is 0. The van der Waals surface area contributed by atoms with E-state index in [2.05, 4.69) is 94.1 Å². The summed E-state index contributed by atoms with van der Waals surface area (Å²) in [5.41, 5.74) is 11.3. The average molecular weight is 636 g/mol. The topological polar surface area (TPSA) is 81.2 Å². The fraction of sp³-hybridized carbons (Fsp3) is 0. The molecule has 50 heavy (non-hydrogen) atoms. The van der Waals surface area contributed by atoms with E-state index in [4.69, 9.17) is 0 Å². The molecule has 2 aromatic heterocycles. The van der Waals surface area contributed by atoms with Crippen LogP contribution in [-0.2, 0) is 0 Å². The first-order valence-corrected chi connectivity index (χ1v) is 16.3. The summed E-state index contributed by atoms with van der Waals surface area (Å²) in [6, 6.07) is 57.7. The zero-order valence-electron chi connectivity index (χ0n) is 26.7. The van der Waals surface area contributed by atoms with Gasteiger partial charge < -0.3 is 9.13 Å². The highest BCUT2D eigenvalue weighted by Gasteiger charge is 2.21. The number of fused-ring (bicyclic) bond motifs is 6. The number of hydrogen-bond donors (Lipinski definition) is 0. The maximum absolute atomic E-state index is 10.5. The summed E-state index contributed by atoms with van der Waals surface area (Å²) in [4.78, 5) is 0.